The van der Waals surface area contributed by atoms with Gasteiger partial charge in [0.1, 0.15) is 10.8 Å². The zero-order valence-corrected chi connectivity index (χ0v) is 10.9. The van der Waals surface area contributed by atoms with Crippen LogP contribution in [0.15, 0.2) is 24.5 Å². The number of nitrogens with one attached hydrogen (secondary N) is 1. The number of aromatic nitrogens is 2. The van der Waals surface area contributed by atoms with Crippen molar-refractivity contribution in [2.45, 2.75) is 19.9 Å². The lowest BCUT2D eigenvalue weighted by molar-refractivity contribution is 0.0932. The van der Waals surface area contributed by atoms with E-state index in [2.05, 4.69) is 15.3 Å². The summed E-state index contributed by atoms with van der Waals surface area (Å²) in [7, 11) is 0. The zero-order chi connectivity index (χ0) is 13.1. The van der Waals surface area contributed by atoms with E-state index in [1.807, 2.05) is 13.8 Å². The number of carbonyl (C=O) groups is 1. The van der Waals surface area contributed by atoms with E-state index in [1.54, 1.807) is 12.3 Å². The second-order valence-corrected chi connectivity index (χ2v) is 5.14. The third-order valence-electron chi connectivity index (χ3n) is 2.36. The Bertz CT molecular complexity index is 568. The maximum absolute atomic E-state index is 11.9. The van der Waals surface area contributed by atoms with Gasteiger partial charge in [-0.15, -0.1) is 11.3 Å². The highest BCUT2D eigenvalue weighted by molar-refractivity contribution is 7.11. The molecule has 0 bridgehead atoms. The maximum atomic E-state index is 11.9. The SMILES string of the molecule is Cc1cnc(C(C)NC(=O)c2ncccc2O)s1. The molecule has 0 saturated heterocycles. The molecule has 0 spiro atoms. The van der Waals surface area contributed by atoms with Crippen LogP contribution in [0.3, 0.4) is 0 Å². The summed E-state index contributed by atoms with van der Waals surface area (Å²) in [4.78, 5) is 21.0. The fraction of sp³-hybridized carbons (Fsp3) is 0.250. The molecule has 0 saturated carbocycles. The van der Waals surface area contributed by atoms with Crippen molar-refractivity contribution in [3.05, 3.63) is 40.1 Å². The van der Waals surface area contributed by atoms with E-state index in [4.69, 9.17) is 0 Å². The van der Waals surface area contributed by atoms with E-state index in [-0.39, 0.29) is 17.5 Å². The van der Waals surface area contributed by atoms with Gasteiger partial charge in [-0.2, -0.15) is 0 Å². The normalized spacial score (nSPS) is 12.1. The molecule has 2 aromatic heterocycles. The lowest BCUT2D eigenvalue weighted by atomic mass is 10.3. The molecule has 1 unspecified atom stereocenters. The lowest BCUT2D eigenvalue weighted by Crippen LogP contribution is -2.27. The van der Waals surface area contributed by atoms with Crippen molar-refractivity contribution >= 4 is 17.2 Å². The fourth-order valence-corrected chi connectivity index (χ4v) is 2.25. The Morgan fingerprint density at radius 1 is 1.50 bits per heavy atom. The molecule has 0 radical (unpaired) electrons. The molecule has 5 nitrogen and oxygen atoms in total. The van der Waals surface area contributed by atoms with Crippen LogP contribution >= 0.6 is 11.3 Å². The third-order valence-corrected chi connectivity index (χ3v) is 3.45. The van der Waals surface area contributed by atoms with Gasteiger partial charge in [-0.3, -0.25) is 4.79 Å². The van der Waals surface area contributed by atoms with E-state index in [9.17, 15) is 9.90 Å². The quantitative estimate of drug-likeness (QED) is 0.888. The van der Waals surface area contributed by atoms with Crippen LogP contribution in [0.2, 0.25) is 0 Å². The van der Waals surface area contributed by atoms with Crippen molar-refractivity contribution in [1.82, 2.24) is 15.3 Å². The molecule has 2 heterocycles. The molecule has 2 aromatic rings. The largest absolute Gasteiger partial charge is 0.505 e. The van der Waals surface area contributed by atoms with Gasteiger partial charge < -0.3 is 10.4 Å². The molecule has 0 fully saturated rings. The number of thiazole rings is 1. The summed E-state index contributed by atoms with van der Waals surface area (Å²) in [5.74, 6) is -0.536. The van der Waals surface area contributed by atoms with Gasteiger partial charge in [0.25, 0.3) is 5.91 Å². The topological polar surface area (TPSA) is 75.1 Å². The van der Waals surface area contributed by atoms with E-state index >= 15 is 0 Å². The van der Waals surface area contributed by atoms with Gasteiger partial charge in [-0.05, 0) is 26.0 Å². The van der Waals surface area contributed by atoms with Crippen LogP contribution in [0.5, 0.6) is 5.75 Å². The van der Waals surface area contributed by atoms with E-state index in [1.165, 1.54) is 23.6 Å². The minimum Gasteiger partial charge on any atom is -0.505 e. The van der Waals surface area contributed by atoms with Crippen molar-refractivity contribution in [1.29, 1.82) is 0 Å². The van der Waals surface area contributed by atoms with Crippen molar-refractivity contribution < 1.29 is 9.90 Å². The molecular formula is C12H13N3O2S. The Morgan fingerprint density at radius 2 is 2.28 bits per heavy atom. The molecule has 0 aliphatic heterocycles. The molecule has 0 aromatic carbocycles. The van der Waals surface area contributed by atoms with Crippen molar-refractivity contribution in [3.8, 4) is 5.75 Å². The second kappa shape index (κ2) is 5.14. The minimum atomic E-state index is -0.409. The van der Waals surface area contributed by atoms with Gasteiger partial charge >= 0.3 is 0 Å². The number of amides is 1. The first kappa shape index (κ1) is 12.5. The molecule has 1 amide bonds. The summed E-state index contributed by atoms with van der Waals surface area (Å²) in [5, 5.41) is 13.1. The van der Waals surface area contributed by atoms with Crippen LogP contribution in [-0.2, 0) is 0 Å². The number of carbonyl (C=O) groups excluding carboxylic acids is 1. The van der Waals surface area contributed by atoms with Gasteiger partial charge in [0, 0.05) is 17.3 Å². The first-order valence-corrected chi connectivity index (χ1v) is 6.26. The Kier molecular flexibility index (Phi) is 3.57. The van der Waals surface area contributed by atoms with Gasteiger partial charge in [-0.25, -0.2) is 9.97 Å². The summed E-state index contributed by atoms with van der Waals surface area (Å²) in [6.07, 6.45) is 3.23. The van der Waals surface area contributed by atoms with Crippen molar-refractivity contribution in [3.63, 3.8) is 0 Å². The fourth-order valence-electron chi connectivity index (χ4n) is 1.47. The molecule has 18 heavy (non-hydrogen) atoms. The molecule has 6 heteroatoms. The van der Waals surface area contributed by atoms with E-state index in [0.717, 1.165) is 9.88 Å². The van der Waals surface area contributed by atoms with Crippen LogP contribution < -0.4 is 5.32 Å². The number of aromatic hydroxyl groups is 1. The summed E-state index contributed by atoms with van der Waals surface area (Å²) in [5.41, 5.74) is 0.0256. The lowest BCUT2D eigenvalue weighted by Gasteiger charge is -2.11. The number of hydrogen-bond donors (Lipinski definition) is 2. The van der Waals surface area contributed by atoms with E-state index in [0.29, 0.717) is 0 Å². The first-order valence-electron chi connectivity index (χ1n) is 5.45. The Balaban J connectivity index is 2.10. The number of rotatable bonds is 3. The first-order chi connectivity index (χ1) is 8.58. The standard InChI is InChI=1S/C12H13N3O2S/c1-7-6-14-12(18-7)8(2)15-11(17)10-9(16)4-3-5-13-10/h3-6,8,16H,1-2H3,(H,15,17). The number of aryl methyl sites for hydroxylation is 1. The molecule has 0 aliphatic rings. The second-order valence-electron chi connectivity index (χ2n) is 3.88. The molecule has 94 valence electrons. The number of nitrogens with zero attached hydrogens (tertiary/aromatic N) is 2. The molecule has 0 aliphatic carbocycles. The highest BCUT2D eigenvalue weighted by atomic mass is 32.1. The summed E-state index contributed by atoms with van der Waals surface area (Å²) in [6.45, 7) is 3.80. The van der Waals surface area contributed by atoms with Gasteiger partial charge in [0.05, 0.1) is 6.04 Å². The smallest absolute Gasteiger partial charge is 0.274 e. The van der Waals surface area contributed by atoms with Crippen LogP contribution in [0.4, 0.5) is 0 Å². The predicted octanol–water partition coefficient (Wildman–Crippen LogP) is 2.04. The Labute approximate surface area is 109 Å². The van der Waals surface area contributed by atoms with Crippen molar-refractivity contribution in [2.24, 2.45) is 0 Å². The van der Waals surface area contributed by atoms with Gasteiger partial charge in [0.2, 0.25) is 0 Å². The van der Waals surface area contributed by atoms with E-state index < -0.39 is 5.91 Å². The van der Waals surface area contributed by atoms with Gasteiger partial charge in [0.15, 0.2) is 5.69 Å². The molecule has 1 atom stereocenters. The monoisotopic (exact) mass is 263 g/mol. The predicted molar refractivity (Wildman–Crippen MR) is 68.6 cm³/mol. The van der Waals surface area contributed by atoms with Gasteiger partial charge in [-0.1, -0.05) is 0 Å². The highest BCUT2D eigenvalue weighted by Crippen LogP contribution is 2.20. The van der Waals surface area contributed by atoms with Crippen LogP contribution in [-0.4, -0.2) is 21.0 Å². The summed E-state index contributed by atoms with van der Waals surface area (Å²) >= 11 is 1.53. The zero-order valence-electron chi connectivity index (χ0n) is 10.0. The molecule has 2 N–H and O–H groups in total. The van der Waals surface area contributed by atoms with Crippen LogP contribution in [0.25, 0.3) is 0 Å². The average Bonchev–Trinajstić information content (AvgIpc) is 2.76. The average molecular weight is 263 g/mol. The molecule has 2 rings (SSSR count). The maximum Gasteiger partial charge on any atom is 0.274 e. The Morgan fingerprint density at radius 3 is 2.89 bits per heavy atom. The Hall–Kier alpha value is -1.95. The third kappa shape index (κ3) is 2.65. The van der Waals surface area contributed by atoms with Crippen LogP contribution in [0.1, 0.15) is 33.3 Å². The number of pyridine rings is 1. The minimum absolute atomic E-state index is 0.0256. The van der Waals surface area contributed by atoms with Crippen molar-refractivity contribution in [2.75, 3.05) is 0 Å². The number of hydrogen-bond acceptors (Lipinski definition) is 5. The summed E-state index contributed by atoms with van der Waals surface area (Å²) < 4.78 is 0. The molecular weight excluding hydrogens is 250 g/mol. The highest BCUT2D eigenvalue weighted by Gasteiger charge is 2.17. The summed E-state index contributed by atoms with van der Waals surface area (Å²) in [6, 6.07) is 2.79. The van der Waals surface area contributed by atoms with Crippen LogP contribution in [0, 0.1) is 6.92 Å².